The second-order valence-corrected chi connectivity index (χ2v) is 7.95. The van der Waals surface area contributed by atoms with Gasteiger partial charge in [-0.3, -0.25) is 9.59 Å². The van der Waals surface area contributed by atoms with Crippen molar-refractivity contribution in [3.05, 3.63) is 75.6 Å². The molecule has 0 saturated carbocycles. The summed E-state index contributed by atoms with van der Waals surface area (Å²) in [7, 11) is 0. The number of carbonyl (C=O) groups excluding carboxylic acids is 1. The van der Waals surface area contributed by atoms with Crippen molar-refractivity contribution in [1.82, 2.24) is 9.80 Å². The van der Waals surface area contributed by atoms with Gasteiger partial charge in [-0.1, -0.05) is 38.1 Å². The Morgan fingerprint density at radius 3 is 2.41 bits per heavy atom. The monoisotopic (exact) mass is 434 g/mol. The smallest absolute Gasteiger partial charge is 0.290 e. The summed E-state index contributed by atoms with van der Waals surface area (Å²) in [5, 5.41) is 0.500. The van der Waals surface area contributed by atoms with Crippen molar-refractivity contribution >= 4 is 16.9 Å². The minimum absolute atomic E-state index is 0.139. The molecule has 1 aliphatic heterocycles. The molecule has 1 aromatic heterocycles. The molecule has 0 spiro atoms. The van der Waals surface area contributed by atoms with Crippen molar-refractivity contribution < 1.29 is 13.9 Å². The number of nitrogens with zero attached hydrogens (tertiary/aromatic N) is 2. The van der Waals surface area contributed by atoms with Crippen LogP contribution in [0.15, 0.2) is 57.7 Å². The van der Waals surface area contributed by atoms with Gasteiger partial charge in [-0.05, 0) is 62.8 Å². The normalized spacial score (nSPS) is 15.6. The zero-order valence-corrected chi connectivity index (χ0v) is 19.0. The quantitative estimate of drug-likeness (QED) is 0.497. The maximum absolute atomic E-state index is 13.5. The van der Waals surface area contributed by atoms with Crippen LogP contribution in [0.5, 0.6) is 5.75 Å². The Balaban J connectivity index is 1.76. The number of hydrogen-bond donors (Lipinski definition) is 0. The van der Waals surface area contributed by atoms with Gasteiger partial charge in [0.05, 0.1) is 23.6 Å². The van der Waals surface area contributed by atoms with Crippen LogP contribution in [-0.4, -0.2) is 48.5 Å². The Labute approximate surface area is 188 Å². The number of amides is 1. The average molecular weight is 435 g/mol. The van der Waals surface area contributed by atoms with Crippen LogP contribution in [0.25, 0.3) is 11.0 Å². The van der Waals surface area contributed by atoms with E-state index in [1.165, 1.54) is 0 Å². The first-order chi connectivity index (χ1) is 15.6. The Bertz CT molecular complexity index is 1150. The van der Waals surface area contributed by atoms with Crippen molar-refractivity contribution in [2.75, 3.05) is 32.8 Å². The molecule has 0 radical (unpaired) electrons. The van der Waals surface area contributed by atoms with Gasteiger partial charge in [-0.15, -0.1) is 0 Å². The van der Waals surface area contributed by atoms with Crippen molar-refractivity contribution in [1.29, 1.82) is 0 Å². The van der Waals surface area contributed by atoms with E-state index < -0.39 is 6.04 Å². The summed E-state index contributed by atoms with van der Waals surface area (Å²) in [6.07, 6.45) is 0.822. The third kappa shape index (κ3) is 4.02. The molecule has 2 heterocycles. The summed E-state index contributed by atoms with van der Waals surface area (Å²) in [5.74, 6) is 0.705. The summed E-state index contributed by atoms with van der Waals surface area (Å²) in [4.78, 5) is 31.0. The van der Waals surface area contributed by atoms with Crippen molar-refractivity contribution in [3.8, 4) is 5.75 Å². The lowest BCUT2D eigenvalue weighted by Crippen LogP contribution is -2.33. The number of para-hydroxylation sites is 1. The standard InChI is InChI=1S/C26H30N2O4/c1-4-27(5-2)16-9-17-28-23(18-12-14-19(15-13-18)31-6-3)22-24(29)20-10-7-8-11-21(20)32-25(22)26(28)30/h7-8,10-15,23H,4-6,9,16-17H2,1-3H3. The first-order valence-corrected chi connectivity index (χ1v) is 11.4. The van der Waals surface area contributed by atoms with Gasteiger partial charge in [0.25, 0.3) is 5.91 Å². The fraction of sp³-hybridized carbons (Fsp3) is 0.385. The van der Waals surface area contributed by atoms with E-state index in [-0.39, 0.29) is 17.1 Å². The molecule has 1 atom stereocenters. The Morgan fingerprint density at radius 1 is 1.00 bits per heavy atom. The topological polar surface area (TPSA) is 63.0 Å². The predicted octanol–water partition coefficient (Wildman–Crippen LogP) is 4.47. The summed E-state index contributed by atoms with van der Waals surface area (Å²) in [5.41, 5.74) is 1.62. The van der Waals surface area contributed by atoms with Gasteiger partial charge in [-0.25, -0.2) is 0 Å². The lowest BCUT2D eigenvalue weighted by molar-refractivity contribution is 0.0720. The molecule has 0 bridgehead atoms. The third-order valence-electron chi connectivity index (χ3n) is 6.15. The molecule has 0 N–H and O–H groups in total. The molecule has 32 heavy (non-hydrogen) atoms. The lowest BCUT2D eigenvalue weighted by atomic mass is 9.98. The van der Waals surface area contributed by atoms with E-state index in [0.717, 1.165) is 37.4 Å². The van der Waals surface area contributed by atoms with E-state index >= 15 is 0 Å². The van der Waals surface area contributed by atoms with Crippen LogP contribution in [0.2, 0.25) is 0 Å². The Kier molecular flexibility index (Phi) is 6.61. The van der Waals surface area contributed by atoms with Gasteiger partial charge < -0.3 is 19.0 Å². The van der Waals surface area contributed by atoms with Crippen molar-refractivity contribution in [2.24, 2.45) is 0 Å². The molecule has 1 aliphatic rings. The minimum Gasteiger partial charge on any atom is -0.494 e. The number of benzene rings is 2. The van der Waals surface area contributed by atoms with Crippen molar-refractivity contribution in [2.45, 2.75) is 33.2 Å². The minimum atomic E-state index is -0.467. The van der Waals surface area contributed by atoms with E-state index in [2.05, 4.69) is 18.7 Å². The largest absolute Gasteiger partial charge is 0.494 e. The molecule has 1 unspecified atom stereocenters. The first kappa shape index (κ1) is 22.1. The summed E-state index contributed by atoms with van der Waals surface area (Å²) >= 11 is 0. The zero-order valence-electron chi connectivity index (χ0n) is 19.0. The highest BCUT2D eigenvalue weighted by molar-refractivity contribution is 5.99. The number of rotatable bonds is 9. The van der Waals surface area contributed by atoms with Gasteiger partial charge in [0, 0.05) is 6.54 Å². The fourth-order valence-corrected chi connectivity index (χ4v) is 4.46. The van der Waals surface area contributed by atoms with E-state index in [1.807, 2.05) is 43.3 Å². The van der Waals surface area contributed by atoms with Gasteiger partial charge >= 0.3 is 0 Å². The lowest BCUT2D eigenvalue weighted by Gasteiger charge is -2.26. The highest BCUT2D eigenvalue weighted by Crippen LogP contribution is 2.38. The molecule has 0 fully saturated rings. The summed E-state index contributed by atoms with van der Waals surface area (Å²) in [6.45, 7) is 10.2. The van der Waals surface area contributed by atoms with E-state index in [4.69, 9.17) is 9.15 Å². The molecule has 6 heteroatoms. The van der Waals surface area contributed by atoms with Crippen LogP contribution in [0.1, 0.15) is 54.9 Å². The first-order valence-electron chi connectivity index (χ1n) is 11.4. The van der Waals surface area contributed by atoms with E-state index in [9.17, 15) is 9.59 Å². The van der Waals surface area contributed by atoms with Crippen LogP contribution in [0, 0.1) is 0 Å². The number of fused-ring (bicyclic) bond motifs is 2. The summed E-state index contributed by atoms with van der Waals surface area (Å²) < 4.78 is 11.6. The SMILES string of the molecule is CCOc1ccc(C2c3c(oc4ccccc4c3=O)C(=O)N2CCCN(CC)CC)cc1. The molecular weight excluding hydrogens is 404 g/mol. The molecule has 168 valence electrons. The fourth-order valence-electron chi connectivity index (χ4n) is 4.46. The third-order valence-corrected chi connectivity index (χ3v) is 6.15. The van der Waals surface area contributed by atoms with Crippen LogP contribution in [0.4, 0.5) is 0 Å². The zero-order chi connectivity index (χ0) is 22.7. The van der Waals surface area contributed by atoms with E-state index in [1.54, 1.807) is 17.0 Å². The number of carbonyl (C=O) groups is 1. The summed E-state index contributed by atoms with van der Waals surface area (Å²) in [6, 6.07) is 14.3. The van der Waals surface area contributed by atoms with Crippen molar-refractivity contribution in [3.63, 3.8) is 0 Å². The molecule has 0 aliphatic carbocycles. The molecule has 0 saturated heterocycles. The maximum Gasteiger partial charge on any atom is 0.290 e. The highest BCUT2D eigenvalue weighted by Gasteiger charge is 2.42. The number of ether oxygens (including phenoxy) is 1. The number of hydrogen-bond acceptors (Lipinski definition) is 5. The molecule has 3 aromatic rings. The molecule has 4 rings (SSSR count). The molecular formula is C26H30N2O4. The van der Waals surface area contributed by atoms with Gasteiger partial charge in [-0.2, -0.15) is 0 Å². The molecule has 2 aromatic carbocycles. The highest BCUT2D eigenvalue weighted by atomic mass is 16.5. The van der Waals surface area contributed by atoms with Gasteiger partial charge in [0.1, 0.15) is 11.3 Å². The maximum atomic E-state index is 13.5. The van der Waals surface area contributed by atoms with Crippen LogP contribution in [-0.2, 0) is 0 Å². The van der Waals surface area contributed by atoms with Crippen LogP contribution >= 0.6 is 0 Å². The van der Waals surface area contributed by atoms with Crippen LogP contribution in [0.3, 0.4) is 0 Å². The second-order valence-electron chi connectivity index (χ2n) is 7.95. The van der Waals surface area contributed by atoms with E-state index in [0.29, 0.717) is 29.7 Å². The van der Waals surface area contributed by atoms with Gasteiger partial charge in [0.2, 0.25) is 5.76 Å². The predicted molar refractivity (Wildman–Crippen MR) is 125 cm³/mol. The molecule has 6 nitrogen and oxygen atoms in total. The van der Waals surface area contributed by atoms with Crippen LogP contribution < -0.4 is 10.2 Å². The molecule has 1 amide bonds. The average Bonchev–Trinajstić information content (AvgIpc) is 3.09. The second kappa shape index (κ2) is 9.57. The Morgan fingerprint density at radius 2 is 1.72 bits per heavy atom. The Hall–Kier alpha value is -3.12. The van der Waals surface area contributed by atoms with Gasteiger partial charge in [0.15, 0.2) is 5.43 Å².